The Labute approximate surface area is 117 Å². The molecule has 0 fully saturated rings. The largest absolute Gasteiger partial charge is 0.444 e. The Kier molecular flexibility index (Phi) is 5.35. The van der Waals surface area contributed by atoms with Gasteiger partial charge in [-0.25, -0.2) is 4.79 Å². The molecule has 2 N–H and O–H groups in total. The van der Waals surface area contributed by atoms with Gasteiger partial charge in [0.15, 0.2) is 5.15 Å². The summed E-state index contributed by atoms with van der Waals surface area (Å²) < 4.78 is 5.15. The SMILES string of the molecule is C[C@H](CNc1ccc(Cl)nn1)NC(=O)OC(C)(C)C. The normalized spacial score (nSPS) is 12.7. The van der Waals surface area contributed by atoms with E-state index in [4.69, 9.17) is 16.3 Å². The average Bonchev–Trinajstić information content (AvgIpc) is 2.25. The van der Waals surface area contributed by atoms with Gasteiger partial charge < -0.3 is 15.4 Å². The van der Waals surface area contributed by atoms with Gasteiger partial charge in [0, 0.05) is 12.6 Å². The molecule has 1 heterocycles. The fourth-order valence-corrected chi connectivity index (χ4v) is 1.33. The lowest BCUT2D eigenvalue weighted by atomic mass is 10.2. The van der Waals surface area contributed by atoms with E-state index in [-0.39, 0.29) is 6.04 Å². The zero-order valence-electron chi connectivity index (χ0n) is 11.5. The van der Waals surface area contributed by atoms with Gasteiger partial charge >= 0.3 is 6.09 Å². The van der Waals surface area contributed by atoms with Crippen molar-refractivity contribution in [3.63, 3.8) is 0 Å². The number of carbonyl (C=O) groups excluding carboxylic acids is 1. The summed E-state index contributed by atoms with van der Waals surface area (Å²) in [5.41, 5.74) is -0.501. The van der Waals surface area contributed by atoms with E-state index < -0.39 is 11.7 Å². The van der Waals surface area contributed by atoms with Gasteiger partial charge in [0.2, 0.25) is 0 Å². The van der Waals surface area contributed by atoms with E-state index in [0.717, 1.165) is 0 Å². The van der Waals surface area contributed by atoms with Crippen LogP contribution in [-0.2, 0) is 4.74 Å². The standard InChI is InChI=1S/C12H19ClN4O2/c1-8(15-11(18)19-12(2,3)4)7-14-10-6-5-9(13)16-17-10/h5-6,8H,7H2,1-4H3,(H,14,17)(H,15,18)/t8-/m1/s1. The van der Waals surface area contributed by atoms with Crippen LogP contribution in [0.3, 0.4) is 0 Å². The first-order chi connectivity index (χ1) is 8.76. The molecule has 1 rings (SSSR count). The molecule has 6 nitrogen and oxygen atoms in total. The Hall–Kier alpha value is -1.56. The monoisotopic (exact) mass is 286 g/mol. The molecular formula is C12H19ClN4O2. The minimum atomic E-state index is -0.501. The third kappa shape index (κ3) is 6.81. The Morgan fingerprint density at radius 3 is 2.63 bits per heavy atom. The summed E-state index contributed by atoms with van der Waals surface area (Å²) in [4.78, 5) is 11.5. The molecule has 106 valence electrons. The number of amides is 1. The third-order valence-electron chi connectivity index (χ3n) is 1.98. The maximum atomic E-state index is 11.5. The first kappa shape index (κ1) is 15.5. The number of hydrogen-bond donors (Lipinski definition) is 2. The van der Waals surface area contributed by atoms with Crippen molar-refractivity contribution in [1.29, 1.82) is 0 Å². The highest BCUT2D eigenvalue weighted by molar-refractivity contribution is 6.29. The molecule has 1 amide bonds. The van der Waals surface area contributed by atoms with Crippen LogP contribution in [0.2, 0.25) is 5.15 Å². The number of halogens is 1. The lowest BCUT2D eigenvalue weighted by molar-refractivity contribution is 0.0511. The summed E-state index contributed by atoms with van der Waals surface area (Å²) in [6.45, 7) is 7.83. The molecule has 1 atom stereocenters. The molecule has 1 aromatic heterocycles. The first-order valence-corrected chi connectivity index (χ1v) is 6.37. The highest BCUT2D eigenvalue weighted by Gasteiger charge is 2.17. The molecule has 0 unspecified atom stereocenters. The molecule has 7 heteroatoms. The maximum Gasteiger partial charge on any atom is 0.407 e. The predicted molar refractivity (Wildman–Crippen MR) is 74.4 cm³/mol. The number of ether oxygens (including phenoxy) is 1. The second kappa shape index (κ2) is 6.56. The second-order valence-corrected chi connectivity index (χ2v) is 5.56. The number of nitrogens with zero attached hydrogens (tertiary/aromatic N) is 2. The van der Waals surface area contributed by atoms with E-state index in [1.165, 1.54) is 0 Å². The summed E-state index contributed by atoms with van der Waals surface area (Å²) in [6, 6.07) is 3.26. The van der Waals surface area contributed by atoms with Gasteiger partial charge in [0.05, 0.1) is 0 Å². The zero-order chi connectivity index (χ0) is 14.5. The number of alkyl carbamates (subject to hydrolysis) is 1. The number of hydrogen-bond acceptors (Lipinski definition) is 5. The van der Waals surface area contributed by atoms with Crippen molar-refractivity contribution < 1.29 is 9.53 Å². The minimum Gasteiger partial charge on any atom is -0.444 e. The van der Waals surface area contributed by atoms with Crippen molar-refractivity contribution in [3.05, 3.63) is 17.3 Å². The third-order valence-corrected chi connectivity index (χ3v) is 2.19. The second-order valence-electron chi connectivity index (χ2n) is 5.17. The molecule has 0 spiro atoms. The van der Waals surface area contributed by atoms with E-state index >= 15 is 0 Å². The predicted octanol–water partition coefficient (Wildman–Crippen LogP) is 2.46. The topological polar surface area (TPSA) is 76.1 Å². The Balaban J connectivity index is 2.33. The number of carbonyl (C=O) groups is 1. The molecule has 0 aliphatic rings. The van der Waals surface area contributed by atoms with Crippen LogP contribution in [0.15, 0.2) is 12.1 Å². The quantitative estimate of drug-likeness (QED) is 0.889. The molecule has 0 aliphatic heterocycles. The zero-order valence-corrected chi connectivity index (χ0v) is 12.3. The molecule has 0 radical (unpaired) electrons. The summed E-state index contributed by atoms with van der Waals surface area (Å²) in [6.07, 6.45) is -0.441. The van der Waals surface area contributed by atoms with Crippen molar-refractivity contribution in [3.8, 4) is 0 Å². The molecule has 0 aromatic carbocycles. The van der Waals surface area contributed by atoms with Crippen molar-refractivity contribution in [1.82, 2.24) is 15.5 Å². The van der Waals surface area contributed by atoms with Gasteiger partial charge in [-0.3, -0.25) is 0 Å². The van der Waals surface area contributed by atoms with Crippen LogP contribution < -0.4 is 10.6 Å². The molecular weight excluding hydrogens is 268 g/mol. The van der Waals surface area contributed by atoms with Gasteiger partial charge in [-0.2, -0.15) is 0 Å². The molecule has 1 aromatic rings. The molecule has 0 bridgehead atoms. The summed E-state index contributed by atoms with van der Waals surface area (Å²) in [5.74, 6) is 0.599. The Bertz CT molecular complexity index is 417. The van der Waals surface area contributed by atoms with Crippen LogP contribution >= 0.6 is 11.6 Å². The van der Waals surface area contributed by atoms with Gasteiger partial charge in [0.1, 0.15) is 11.4 Å². The van der Waals surface area contributed by atoms with Gasteiger partial charge in [-0.05, 0) is 39.8 Å². The fourth-order valence-electron chi connectivity index (χ4n) is 1.23. The van der Waals surface area contributed by atoms with E-state index in [9.17, 15) is 4.79 Å². The first-order valence-electron chi connectivity index (χ1n) is 5.99. The Morgan fingerprint density at radius 2 is 2.11 bits per heavy atom. The van der Waals surface area contributed by atoms with Crippen molar-refractivity contribution in [2.75, 3.05) is 11.9 Å². The molecule has 0 aliphatic carbocycles. The molecule has 19 heavy (non-hydrogen) atoms. The number of aromatic nitrogens is 2. The van der Waals surface area contributed by atoms with Gasteiger partial charge in [0.25, 0.3) is 0 Å². The number of rotatable bonds is 4. The maximum absolute atomic E-state index is 11.5. The van der Waals surface area contributed by atoms with E-state index in [1.54, 1.807) is 12.1 Å². The fraction of sp³-hybridized carbons (Fsp3) is 0.583. The lowest BCUT2D eigenvalue weighted by Crippen LogP contribution is -2.40. The summed E-state index contributed by atoms with van der Waals surface area (Å²) in [5, 5.41) is 13.7. The van der Waals surface area contributed by atoms with Crippen LogP contribution in [0.25, 0.3) is 0 Å². The smallest absolute Gasteiger partial charge is 0.407 e. The highest BCUT2D eigenvalue weighted by Crippen LogP contribution is 2.07. The van der Waals surface area contributed by atoms with Crippen LogP contribution in [0.1, 0.15) is 27.7 Å². The van der Waals surface area contributed by atoms with Crippen molar-refractivity contribution in [2.45, 2.75) is 39.3 Å². The van der Waals surface area contributed by atoms with Gasteiger partial charge in [-0.15, -0.1) is 10.2 Å². The average molecular weight is 287 g/mol. The van der Waals surface area contributed by atoms with Gasteiger partial charge in [-0.1, -0.05) is 11.6 Å². The van der Waals surface area contributed by atoms with E-state index in [2.05, 4.69) is 20.8 Å². The van der Waals surface area contributed by atoms with Crippen molar-refractivity contribution in [2.24, 2.45) is 0 Å². The Morgan fingerprint density at radius 1 is 1.42 bits per heavy atom. The van der Waals surface area contributed by atoms with Crippen LogP contribution in [0.4, 0.5) is 10.6 Å². The highest BCUT2D eigenvalue weighted by atomic mass is 35.5. The van der Waals surface area contributed by atoms with Crippen LogP contribution in [0, 0.1) is 0 Å². The molecule has 0 saturated carbocycles. The van der Waals surface area contributed by atoms with E-state index in [0.29, 0.717) is 17.5 Å². The number of anilines is 1. The molecule has 0 saturated heterocycles. The van der Waals surface area contributed by atoms with Crippen LogP contribution in [-0.4, -0.2) is 34.5 Å². The van der Waals surface area contributed by atoms with Crippen molar-refractivity contribution >= 4 is 23.5 Å². The number of nitrogens with one attached hydrogen (secondary N) is 2. The summed E-state index contributed by atoms with van der Waals surface area (Å²) in [7, 11) is 0. The summed E-state index contributed by atoms with van der Waals surface area (Å²) >= 11 is 5.63. The van der Waals surface area contributed by atoms with Crippen LogP contribution in [0.5, 0.6) is 0 Å². The van der Waals surface area contributed by atoms with E-state index in [1.807, 2.05) is 27.7 Å². The lowest BCUT2D eigenvalue weighted by Gasteiger charge is -2.22. The minimum absolute atomic E-state index is 0.104.